The van der Waals surface area contributed by atoms with Gasteiger partial charge in [-0.1, -0.05) is 6.07 Å². The summed E-state index contributed by atoms with van der Waals surface area (Å²) in [7, 11) is 0. The van der Waals surface area contributed by atoms with Crippen LogP contribution in [0.5, 0.6) is 0 Å². The van der Waals surface area contributed by atoms with Crippen LogP contribution < -0.4 is 5.32 Å². The van der Waals surface area contributed by atoms with Crippen molar-refractivity contribution < 1.29 is 27.1 Å². The van der Waals surface area contributed by atoms with Crippen molar-refractivity contribution in [3.05, 3.63) is 35.1 Å². The molecule has 0 aromatic heterocycles. The highest BCUT2D eigenvalue weighted by Gasteiger charge is 2.34. The number of rotatable bonds is 2. The van der Waals surface area contributed by atoms with Gasteiger partial charge in [0.1, 0.15) is 5.82 Å². The number of nitrogens with one attached hydrogen (secondary N) is 1. The van der Waals surface area contributed by atoms with Crippen LogP contribution in [-0.4, -0.2) is 43.2 Å². The SMILES string of the molecule is O=C1N[C@@H]2COC[C@H]1CN(Cc1ccc(C(F)(F)F)cc1F)C2. The maximum absolute atomic E-state index is 14.0. The molecule has 4 nitrogen and oxygen atoms in total. The molecule has 2 atom stereocenters. The van der Waals surface area contributed by atoms with Crippen LogP contribution in [0.4, 0.5) is 17.6 Å². The van der Waals surface area contributed by atoms with Crippen LogP contribution in [0.3, 0.4) is 0 Å². The molecule has 0 radical (unpaired) electrons. The molecular formula is C15H16F4N2O2. The molecule has 2 bridgehead atoms. The first kappa shape index (κ1) is 16.2. The molecule has 3 rings (SSSR count). The van der Waals surface area contributed by atoms with Gasteiger partial charge in [0.25, 0.3) is 0 Å². The van der Waals surface area contributed by atoms with Crippen LogP contribution in [0.25, 0.3) is 0 Å². The number of amides is 1. The number of alkyl halides is 3. The molecule has 23 heavy (non-hydrogen) atoms. The molecule has 2 heterocycles. The fourth-order valence-corrected chi connectivity index (χ4v) is 2.94. The average Bonchev–Trinajstić information content (AvgIpc) is 2.68. The summed E-state index contributed by atoms with van der Waals surface area (Å²) in [6.07, 6.45) is -4.56. The molecule has 2 saturated heterocycles. The van der Waals surface area contributed by atoms with Crippen molar-refractivity contribution in [1.82, 2.24) is 10.2 Å². The smallest absolute Gasteiger partial charge is 0.378 e. The van der Waals surface area contributed by atoms with Gasteiger partial charge >= 0.3 is 6.18 Å². The monoisotopic (exact) mass is 332 g/mol. The lowest BCUT2D eigenvalue weighted by Crippen LogP contribution is -2.41. The number of nitrogens with zero attached hydrogens (tertiary/aromatic N) is 1. The maximum Gasteiger partial charge on any atom is 0.416 e. The Labute approximate surface area is 130 Å². The van der Waals surface area contributed by atoms with Gasteiger partial charge in [-0.15, -0.1) is 0 Å². The molecule has 2 fully saturated rings. The van der Waals surface area contributed by atoms with E-state index >= 15 is 0 Å². The highest BCUT2D eigenvalue weighted by Crippen LogP contribution is 2.30. The van der Waals surface area contributed by atoms with E-state index in [1.807, 2.05) is 4.90 Å². The summed E-state index contributed by atoms with van der Waals surface area (Å²) in [5, 5.41) is 2.85. The molecule has 1 amide bonds. The van der Waals surface area contributed by atoms with E-state index in [2.05, 4.69) is 5.32 Å². The molecule has 8 heteroatoms. The fourth-order valence-electron chi connectivity index (χ4n) is 2.94. The Morgan fingerprint density at radius 2 is 2.04 bits per heavy atom. The van der Waals surface area contributed by atoms with Crippen molar-refractivity contribution in [3.63, 3.8) is 0 Å². The first-order chi connectivity index (χ1) is 10.8. The molecule has 0 spiro atoms. The lowest BCUT2D eigenvalue weighted by Gasteiger charge is -2.27. The number of ether oxygens (including phenoxy) is 1. The molecule has 2 aliphatic heterocycles. The number of carbonyl (C=O) groups is 1. The first-order valence-electron chi connectivity index (χ1n) is 7.29. The molecule has 0 unspecified atom stereocenters. The van der Waals surface area contributed by atoms with Gasteiger partial charge in [0.05, 0.1) is 30.7 Å². The lowest BCUT2D eigenvalue weighted by atomic mass is 10.1. The Balaban J connectivity index is 1.75. The van der Waals surface area contributed by atoms with Gasteiger partial charge in [0.2, 0.25) is 5.91 Å². The lowest BCUT2D eigenvalue weighted by molar-refractivity contribution is -0.137. The van der Waals surface area contributed by atoms with Crippen LogP contribution in [0.1, 0.15) is 11.1 Å². The Hall–Kier alpha value is -1.67. The van der Waals surface area contributed by atoms with Gasteiger partial charge in [-0.2, -0.15) is 13.2 Å². The van der Waals surface area contributed by atoms with Crippen LogP contribution in [0, 0.1) is 11.7 Å². The van der Waals surface area contributed by atoms with E-state index in [-0.39, 0.29) is 30.0 Å². The van der Waals surface area contributed by atoms with Crippen LogP contribution in [0.2, 0.25) is 0 Å². The Kier molecular flexibility index (Phi) is 4.29. The van der Waals surface area contributed by atoms with E-state index in [9.17, 15) is 22.4 Å². The van der Waals surface area contributed by atoms with Gasteiger partial charge in [0.15, 0.2) is 0 Å². The van der Waals surface area contributed by atoms with Crippen molar-refractivity contribution in [3.8, 4) is 0 Å². The number of fused-ring (bicyclic) bond motifs is 3. The summed E-state index contributed by atoms with van der Waals surface area (Å²) in [5.41, 5.74) is -0.817. The molecule has 2 aliphatic rings. The highest BCUT2D eigenvalue weighted by atomic mass is 19.4. The third-order valence-corrected chi connectivity index (χ3v) is 4.09. The summed E-state index contributed by atoms with van der Waals surface area (Å²) >= 11 is 0. The second-order valence-corrected chi connectivity index (χ2v) is 5.94. The number of hydrogen-bond acceptors (Lipinski definition) is 3. The number of halogens is 4. The van der Waals surface area contributed by atoms with Gasteiger partial charge in [-0.25, -0.2) is 4.39 Å². The average molecular weight is 332 g/mol. The molecule has 0 aliphatic carbocycles. The van der Waals surface area contributed by atoms with E-state index in [1.54, 1.807) is 0 Å². The van der Waals surface area contributed by atoms with Gasteiger partial charge in [-0.05, 0) is 12.1 Å². The maximum atomic E-state index is 14.0. The van der Waals surface area contributed by atoms with Crippen molar-refractivity contribution in [2.75, 3.05) is 26.3 Å². The van der Waals surface area contributed by atoms with E-state index in [0.29, 0.717) is 32.4 Å². The number of benzene rings is 1. The summed E-state index contributed by atoms with van der Waals surface area (Å²) in [4.78, 5) is 13.8. The van der Waals surface area contributed by atoms with Crippen molar-refractivity contribution in [2.24, 2.45) is 5.92 Å². The van der Waals surface area contributed by atoms with Crippen molar-refractivity contribution in [2.45, 2.75) is 18.8 Å². The molecule has 1 aromatic rings. The normalized spacial score (nSPS) is 25.8. The zero-order valence-electron chi connectivity index (χ0n) is 12.2. The summed E-state index contributed by atoms with van der Waals surface area (Å²) in [6, 6.07) is 2.36. The summed E-state index contributed by atoms with van der Waals surface area (Å²) < 4.78 is 57.1. The van der Waals surface area contributed by atoms with Gasteiger partial charge in [-0.3, -0.25) is 9.69 Å². The van der Waals surface area contributed by atoms with Crippen LogP contribution in [0.15, 0.2) is 18.2 Å². The molecule has 1 aromatic carbocycles. The van der Waals surface area contributed by atoms with Crippen LogP contribution in [-0.2, 0) is 22.3 Å². The molecule has 0 saturated carbocycles. The van der Waals surface area contributed by atoms with Gasteiger partial charge < -0.3 is 10.1 Å². The van der Waals surface area contributed by atoms with E-state index in [4.69, 9.17) is 4.74 Å². The molecular weight excluding hydrogens is 316 g/mol. The minimum atomic E-state index is -4.56. The van der Waals surface area contributed by atoms with Crippen LogP contribution >= 0.6 is 0 Å². The minimum Gasteiger partial charge on any atom is -0.378 e. The molecule has 126 valence electrons. The largest absolute Gasteiger partial charge is 0.416 e. The predicted molar refractivity (Wildman–Crippen MR) is 72.9 cm³/mol. The quantitative estimate of drug-likeness (QED) is 0.840. The molecule has 1 N–H and O–H groups in total. The van der Waals surface area contributed by atoms with Crippen molar-refractivity contribution >= 4 is 5.91 Å². The zero-order chi connectivity index (χ0) is 16.6. The number of hydrogen-bond donors (Lipinski definition) is 1. The Morgan fingerprint density at radius 1 is 1.26 bits per heavy atom. The predicted octanol–water partition coefficient (Wildman–Crippen LogP) is 1.79. The Bertz CT molecular complexity index is 606. The van der Waals surface area contributed by atoms with Crippen molar-refractivity contribution in [1.29, 1.82) is 0 Å². The third-order valence-electron chi connectivity index (χ3n) is 4.09. The van der Waals surface area contributed by atoms with E-state index in [1.165, 1.54) is 0 Å². The summed E-state index contributed by atoms with van der Waals surface area (Å²) in [5.74, 6) is -1.33. The fraction of sp³-hybridized carbons (Fsp3) is 0.533. The minimum absolute atomic E-state index is 0.0945. The Morgan fingerprint density at radius 3 is 2.74 bits per heavy atom. The van der Waals surface area contributed by atoms with E-state index < -0.39 is 17.6 Å². The summed E-state index contributed by atoms with van der Waals surface area (Å²) in [6.45, 7) is 1.71. The first-order valence-corrected chi connectivity index (χ1v) is 7.29. The standard InChI is InChI=1S/C15H16F4N2O2/c16-13-3-11(15(17,18)19)2-1-9(13)4-21-5-10-7-23-8-12(6-21)20-14(10)22/h1-3,10,12H,4-8H2,(H,20,22)/t10-,12+/m1/s1. The topological polar surface area (TPSA) is 41.6 Å². The number of carbonyl (C=O) groups excluding carboxylic acids is 1. The second kappa shape index (κ2) is 6.09. The third kappa shape index (κ3) is 3.64. The zero-order valence-corrected chi connectivity index (χ0v) is 12.2. The highest BCUT2D eigenvalue weighted by molar-refractivity contribution is 5.79. The van der Waals surface area contributed by atoms with E-state index in [0.717, 1.165) is 12.1 Å². The second-order valence-electron chi connectivity index (χ2n) is 5.94. The van der Waals surface area contributed by atoms with Gasteiger partial charge in [0, 0.05) is 25.2 Å².